The number of thioether (sulfide) groups is 1. The third-order valence-corrected chi connectivity index (χ3v) is 4.90. The van der Waals surface area contributed by atoms with Crippen LogP contribution in [0.2, 0.25) is 0 Å². The number of nitrogens with one attached hydrogen (secondary N) is 2. The Balaban J connectivity index is 2.89. The Morgan fingerprint density at radius 3 is 2.17 bits per heavy atom. The van der Waals surface area contributed by atoms with Gasteiger partial charge >= 0.3 is 11.9 Å². The summed E-state index contributed by atoms with van der Waals surface area (Å²) in [6.45, 7) is 1.23. The summed E-state index contributed by atoms with van der Waals surface area (Å²) in [7, 11) is 2.36. The first-order valence-corrected chi connectivity index (χ1v) is 9.65. The Morgan fingerprint density at radius 2 is 1.66 bits per heavy atom. The van der Waals surface area contributed by atoms with Gasteiger partial charge in [0.2, 0.25) is 11.8 Å². The monoisotopic (exact) mass is 421 g/mol. The lowest BCUT2D eigenvalue weighted by Crippen LogP contribution is -2.53. The molecule has 0 bridgehead atoms. The fraction of sp³-hybridized carbons (Fsp3) is 0.421. The smallest absolute Gasteiger partial charge is 0.333 e. The number of hydrogen-bond acceptors (Lipinski definition) is 8. The van der Waals surface area contributed by atoms with Crippen molar-refractivity contribution in [2.24, 2.45) is 0 Å². The maximum absolute atomic E-state index is 12.7. The molecule has 0 aliphatic carbocycles. The lowest BCUT2D eigenvalue weighted by Gasteiger charge is -2.22. The molecule has 0 saturated carbocycles. The van der Waals surface area contributed by atoms with Crippen LogP contribution < -0.4 is 10.6 Å². The van der Waals surface area contributed by atoms with E-state index in [0.29, 0.717) is 0 Å². The molecule has 1 unspecified atom stereocenters. The van der Waals surface area contributed by atoms with Gasteiger partial charge < -0.3 is 20.1 Å². The summed E-state index contributed by atoms with van der Waals surface area (Å²) in [6, 6.07) is 8.77. The van der Waals surface area contributed by atoms with Gasteiger partial charge in [-0.15, -0.1) is 11.8 Å². The lowest BCUT2D eigenvalue weighted by molar-refractivity contribution is -0.145. The number of nitrogens with zero attached hydrogens (tertiary/aromatic N) is 1. The third kappa shape index (κ3) is 8.23. The van der Waals surface area contributed by atoms with Crippen LogP contribution in [0.1, 0.15) is 12.5 Å². The molecule has 0 spiro atoms. The van der Waals surface area contributed by atoms with Gasteiger partial charge in [0.1, 0.15) is 12.1 Å². The van der Waals surface area contributed by atoms with Gasteiger partial charge in [-0.25, -0.2) is 9.59 Å². The second kappa shape index (κ2) is 12.4. The molecule has 1 aromatic rings. The maximum Gasteiger partial charge on any atom is 0.333 e. The van der Waals surface area contributed by atoms with Crippen molar-refractivity contribution in [1.82, 2.24) is 10.6 Å². The van der Waals surface area contributed by atoms with Crippen LogP contribution in [0.15, 0.2) is 30.3 Å². The second-order valence-corrected chi connectivity index (χ2v) is 7.03. The number of rotatable bonds is 10. The van der Waals surface area contributed by atoms with Crippen LogP contribution in [0, 0.1) is 11.3 Å². The average molecular weight is 421 g/mol. The van der Waals surface area contributed by atoms with E-state index in [1.54, 1.807) is 30.3 Å². The fourth-order valence-corrected chi connectivity index (χ4v) is 3.27. The first kappa shape index (κ1) is 24.0. The van der Waals surface area contributed by atoms with E-state index in [2.05, 4.69) is 15.4 Å². The van der Waals surface area contributed by atoms with E-state index in [1.807, 2.05) is 6.07 Å². The summed E-state index contributed by atoms with van der Waals surface area (Å²) >= 11 is 0.850. The van der Waals surface area contributed by atoms with Gasteiger partial charge in [0.05, 0.1) is 20.3 Å². The minimum absolute atomic E-state index is 0.0715. The molecule has 3 atom stereocenters. The van der Waals surface area contributed by atoms with Crippen LogP contribution in [0.5, 0.6) is 0 Å². The van der Waals surface area contributed by atoms with E-state index in [1.165, 1.54) is 14.0 Å². The number of amides is 2. The highest BCUT2D eigenvalue weighted by Gasteiger charge is 2.29. The molecule has 1 rings (SSSR count). The number of methoxy groups -OCH3 is 2. The molecular formula is C19H23N3O6S. The molecule has 0 radical (unpaired) electrons. The summed E-state index contributed by atoms with van der Waals surface area (Å²) in [6.07, 6.45) is 0.197. The second-order valence-electron chi connectivity index (χ2n) is 5.89. The number of ether oxygens (including phenoxy) is 2. The number of esters is 2. The Hall–Kier alpha value is -3.06. The number of carbonyl (C=O) groups excluding carboxylic acids is 4. The summed E-state index contributed by atoms with van der Waals surface area (Å²) < 4.78 is 9.28. The van der Waals surface area contributed by atoms with Crippen LogP contribution in [-0.2, 0) is 35.1 Å². The number of nitriles is 1. The van der Waals surface area contributed by atoms with E-state index < -0.39 is 41.1 Å². The predicted octanol–water partition coefficient (Wildman–Crippen LogP) is 0.190. The summed E-state index contributed by atoms with van der Waals surface area (Å²) in [5.41, 5.74) is 0.809. The zero-order valence-corrected chi connectivity index (χ0v) is 17.2. The number of carbonyl (C=O) groups is 4. The lowest BCUT2D eigenvalue weighted by atomic mass is 10.1. The number of benzene rings is 1. The molecule has 0 heterocycles. The minimum Gasteiger partial charge on any atom is -0.467 e. The van der Waals surface area contributed by atoms with Crippen LogP contribution in [-0.4, -0.2) is 61.1 Å². The van der Waals surface area contributed by atoms with Gasteiger partial charge in [0, 0.05) is 19.1 Å². The normalized spacial score (nSPS) is 13.2. The van der Waals surface area contributed by atoms with E-state index in [4.69, 9.17) is 10.00 Å². The van der Waals surface area contributed by atoms with E-state index in [-0.39, 0.29) is 12.2 Å². The molecular weight excluding hydrogens is 398 g/mol. The topological polar surface area (TPSA) is 135 Å². The predicted molar refractivity (Wildman–Crippen MR) is 106 cm³/mol. The summed E-state index contributed by atoms with van der Waals surface area (Å²) in [4.78, 5) is 47.8. The third-order valence-electron chi connectivity index (χ3n) is 3.74. The van der Waals surface area contributed by atoms with Crippen molar-refractivity contribution in [3.8, 4) is 6.07 Å². The molecule has 0 saturated heterocycles. The quantitative estimate of drug-likeness (QED) is 0.511. The average Bonchev–Trinajstić information content (AvgIpc) is 2.72. The molecule has 2 amide bonds. The van der Waals surface area contributed by atoms with E-state index in [0.717, 1.165) is 24.4 Å². The molecule has 0 aromatic heterocycles. The highest BCUT2D eigenvalue weighted by Crippen LogP contribution is 2.14. The Morgan fingerprint density at radius 1 is 1.03 bits per heavy atom. The van der Waals surface area contributed by atoms with Gasteiger partial charge in [-0.1, -0.05) is 30.3 Å². The first-order valence-electron chi connectivity index (χ1n) is 8.60. The molecule has 2 N–H and O–H groups in total. The van der Waals surface area contributed by atoms with Crippen molar-refractivity contribution < 1.29 is 28.7 Å². The standard InChI is InChI=1S/C19H23N3O6S/c1-12(23)21-15(11-29-16(10-20)19(26)28-3)17(24)22-14(18(25)27-2)9-13-7-5-4-6-8-13/h4-8,14-16H,9,11H2,1-3H3,(H,21,23)(H,22,24)/t14-,15+,16?/m0/s1. The first-order chi connectivity index (χ1) is 13.8. The summed E-state index contributed by atoms with van der Waals surface area (Å²) in [5, 5.41) is 12.9. The number of hydrogen-bond donors (Lipinski definition) is 2. The van der Waals surface area contributed by atoms with Crippen LogP contribution in [0.25, 0.3) is 0 Å². The van der Waals surface area contributed by atoms with Gasteiger partial charge in [0.25, 0.3) is 0 Å². The molecule has 1 aromatic carbocycles. The van der Waals surface area contributed by atoms with Crippen molar-refractivity contribution in [2.45, 2.75) is 30.7 Å². The summed E-state index contributed by atoms with van der Waals surface area (Å²) in [5.74, 6) is -2.58. The van der Waals surface area contributed by atoms with Crippen LogP contribution >= 0.6 is 11.8 Å². The largest absolute Gasteiger partial charge is 0.467 e. The van der Waals surface area contributed by atoms with E-state index in [9.17, 15) is 19.2 Å². The Bertz CT molecular complexity index is 765. The van der Waals surface area contributed by atoms with Crippen molar-refractivity contribution >= 4 is 35.5 Å². The zero-order valence-electron chi connectivity index (χ0n) is 16.3. The van der Waals surface area contributed by atoms with Gasteiger partial charge in [-0.3, -0.25) is 9.59 Å². The van der Waals surface area contributed by atoms with Gasteiger partial charge in [-0.05, 0) is 5.56 Å². The zero-order chi connectivity index (χ0) is 21.8. The van der Waals surface area contributed by atoms with Crippen LogP contribution in [0.3, 0.4) is 0 Å². The molecule has 10 heteroatoms. The van der Waals surface area contributed by atoms with Crippen molar-refractivity contribution in [3.05, 3.63) is 35.9 Å². The molecule has 0 aliphatic rings. The molecule has 9 nitrogen and oxygen atoms in total. The van der Waals surface area contributed by atoms with Crippen molar-refractivity contribution in [3.63, 3.8) is 0 Å². The minimum atomic E-state index is -1.15. The Labute approximate surface area is 173 Å². The molecule has 0 aliphatic heterocycles. The van der Waals surface area contributed by atoms with Crippen molar-refractivity contribution in [1.29, 1.82) is 5.26 Å². The highest BCUT2D eigenvalue weighted by atomic mass is 32.2. The molecule has 156 valence electrons. The molecule has 0 fully saturated rings. The molecule has 29 heavy (non-hydrogen) atoms. The van der Waals surface area contributed by atoms with Crippen LogP contribution in [0.4, 0.5) is 0 Å². The van der Waals surface area contributed by atoms with Gasteiger partial charge in [-0.2, -0.15) is 5.26 Å². The van der Waals surface area contributed by atoms with Crippen molar-refractivity contribution in [2.75, 3.05) is 20.0 Å². The fourth-order valence-electron chi connectivity index (χ4n) is 2.34. The highest BCUT2D eigenvalue weighted by molar-refractivity contribution is 8.00. The maximum atomic E-state index is 12.7. The van der Waals surface area contributed by atoms with Gasteiger partial charge in [0.15, 0.2) is 5.25 Å². The Kier molecular flexibility index (Phi) is 10.3. The SMILES string of the molecule is COC(=O)C(C#N)SC[C@@H](NC(C)=O)C(=O)N[C@@H](Cc1ccccc1)C(=O)OC. The van der Waals surface area contributed by atoms with E-state index >= 15 is 0 Å².